The van der Waals surface area contributed by atoms with Gasteiger partial charge in [-0.05, 0) is 31.5 Å². The molecule has 0 saturated carbocycles. The molecule has 4 aromatic rings. The maximum absolute atomic E-state index is 12.4. The number of para-hydroxylation sites is 1. The Morgan fingerprint density at radius 3 is 2.50 bits per heavy atom. The Balaban J connectivity index is 1.88. The zero-order valence-corrected chi connectivity index (χ0v) is 15.5. The molecule has 0 aliphatic heterocycles. The Bertz CT molecular complexity index is 1240. The lowest BCUT2D eigenvalue weighted by molar-refractivity contribution is 0.377. The summed E-state index contributed by atoms with van der Waals surface area (Å²) in [5, 5.41) is 18.1. The average Bonchev–Trinajstić information content (AvgIpc) is 3.23. The number of aryl methyl sites for hydroxylation is 2. The zero-order valence-electron chi connectivity index (χ0n) is 15.5. The van der Waals surface area contributed by atoms with Crippen LogP contribution in [0.3, 0.4) is 0 Å². The second-order valence-corrected chi connectivity index (χ2v) is 6.44. The second kappa shape index (κ2) is 7.00. The fourth-order valence-electron chi connectivity index (χ4n) is 3.22. The minimum Gasteiger partial charge on any atom is -0.295 e. The molecule has 2 heterocycles. The third-order valence-electron chi connectivity index (χ3n) is 4.65. The van der Waals surface area contributed by atoms with Crippen LogP contribution in [0.2, 0.25) is 0 Å². The van der Waals surface area contributed by atoms with Crippen molar-refractivity contribution in [1.29, 1.82) is 5.26 Å². The van der Waals surface area contributed by atoms with Crippen LogP contribution in [-0.2, 0) is 6.54 Å². The van der Waals surface area contributed by atoms with Gasteiger partial charge in [-0.1, -0.05) is 47.6 Å². The number of nitriles is 1. The molecule has 2 aromatic heterocycles. The van der Waals surface area contributed by atoms with E-state index >= 15 is 0 Å². The van der Waals surface area contributed by atoms with E-state index in [1.807, 2.05) is 61.5 Å². The molecule has 4 rings (SSSR count). The van der Waals surface area contributed by atoms with Gasteiger partial charge in [0.1, 0.15) is 6.07 Å². The second-order valence-electron chi connectivity index (χ2n) is 6.44. The topological polar surface area (TPSA) is 89.6 Å². The van der Waals surface area contributed by atoms with Crippen LogP contribution in [-0.4, -0.2) is 19.5 Å². The van der Waals surface area contributed by atoms with Crippen LogP contribution in [0, 0.1) is 25.2 Å². The quantitative estimate of drug-likeness (QED) is 0.549. The highest BCUT2D eigenvalue weighted by Crippen LogP contribution is 2.23. The van der Waals surface area contributed by atoms with Crippen molar-refractivity contribution in [2.45, 2.75) is 20.4 Å². The van der Waals surface area contributed by atoms with Crippen molar-refractivity contribution in [1.82, 2.24) is 19.5 Å². The number of hydrogen-bond donors (Lipinski definition) is 0. The van der Waals surface area contributed by atoms with Gasteiger partial charge in [0.25, 0.3) is 0 Å². The summed E-state index contributed by atoms with van der Waals surface area (Å²) in [5.41, 5.74) is 4.22. The van der Waals surface area contributed by atoms with E-state index in [9.17, 15) is 10.1 Å². The molecule has 0 N–H and O–H groups in total. The summed E-state index contributed by atoms with van der Waals surface area (Å²) in [4.78, 5) is 12.4. The third kappa shape index (κ3) is 2.91. The van der Waals surface area contributed by atoms with Gasteiger partial charge in [-0.15, -0.1) is 0 Å². The molecule has 7 nitrogen and oxygen atoms in total. The predicted octanol–water partition coefficient (Wildman–Crippen LogP) is 3.23. The fraction of sp³-hybridized carbons (Fsp3) is 0.143. The van der Waals surface area contributed by atoms with Crippen LogP contribution in [0.25, 0.3) is 17.1 Å². The summed E-state index contributed by atoms with van der Waals surface area (Å²) in [6.45, 7) is 3.84. The van der Waals surface area contributed by atoms with Crippen molar-refractivity contribution in [3.8, 4) is 23.1 Å². The molecule has 0 aliphatic carbocycles. The van der Waals surface area contributed by atoms with Crippen LogP contribution in [0.4, 0.5) is 0 Å². The summed E-state index contributed by atoms with van der Waals surface area (Å²) in [7, 11) is 0. The maximum Gasteiger partial charge on any atom is 0.442 e. The largest absolute Gasteiger partial charge is 0.442 e. The van der Waals surface area contributed by atoms with Crippen molar-refractivity contribution in [3.05, 3.63) is 87.7 Å². The molecule has 0 fully saturated rings. The van der Waals surface area contributed by atoms with E-state index in [0.717, 1.165) is 16.8 Å². The Morgan fingerprint density at radius 1 is 1.07 bits per heavy atom. The highest BCUT2D eigenvalue weighted by Gasteiger charge is 2.21. The van der Waals surface area contributed by atoms with Gasteiger partial charge >= 0.3 is 5.76 Å². The predicted molar refractivity (Wildman–Crippen MR) is 103 cm³/mol. The number of benzene rings is 2. The number of nitrogens with zero attached hydrogens (tertiary/aromatic N) is 5. The first-order valence-electron chi connectivity index (χ1n) is 8.76. The Labute approximate surface area is 161 Å². The van der Waals surface area contributed by atoms with E-state index in [1.54, 1.807) is 11.6 Å². The first kappa shape index (κ1) is 17.5. The normalized spacial score (nSPS) is 10.8. The maximum atomic E-state index is 12.4. The molecule has 0 saturated heterocycles. The van der Waals surface area contributed by atoms with E-state index in [0.29, 0.717) is 22.8 Å². The molecular formula is C21H17N5O2. The number of aromatic nitrogens is 4. The Morgan fingerprint density at radius 2 is 1.79 bits per heavy atom. The van der Waals surface area contributed by atoms with Crippen molar-refractivity contribution in [2.75, 3.05) is 0 Å². The average molecular weight is 371 g/mol. The molecule has 0 aliphatic rings. The van der Waals surface area contributed by atoms with E-state index in [1.165, 1.54) is 4.57 Å². The van der Waals surface area contributed by atoms with Crippen LogP contribution in [0.15, 0.2) is 63.9 Å². The van der Waals surface area contributed by atoms with Gasteiger partial charge in [0, 0.05) is 5.56 Å². The number of rotatable bonds is 4. The van der Waals surface area contributed by atoms with Gasteiger partial charge in [0.05, 0.1) is 29.2 Å². The lowest BCUT2D eigenvalue weighted by atomic mass is 10.1. The standard InChI is InChI=1S/C21H17N5O2/c1-14-8-6-7-11-17(14)20-24-28-21(27)25(20)13-19-18(12-22)15(2)23-26(19)16-9-4-3-5-10-16/h3-11H,13H2,1-2H3. The molecule has 0 radical (unpaired) electrons. The van der Waals surface area contributed by atoms with E-state index in [-0.39, 0.29) is 6.54 Å². The molecule has 0 bridgehead atoms. The summed E-state index contributed by atoms with van der Waals surface area (Å²) in [5.74, 6) is -0.161. The summed E-state index contributed by atoms with van der Waals surface area (Å²) in [6.07, 6.45) is 0. The minimum atomic E-state index is -0.583. The van der Waals surface area contributed by atoms with Crippen molar-refractivity contribution < 1.29 is 4.52 Å². The molecular weight excluding hydrogens is 354 g/mol. The first-order valence-corrected chi connectivity index (χ1v) is 8.76. The van der Waals surface area contributed by atoms with Crippen LogP contribution >= 0.6 is 0 Å². The molecule has 138 valence electrons. The SMILES string of the molecule is Cc1ccccc1-c1noc(=O)n1Cc1c(C#N)c(C)nn1-c1ccccc1. The smallest absolute Gasteiger partial charge is 0.295 e. The first-order chi connectivity index (χ1) is 13.6. The molecule has 2 aromatic carbocycles. The van der Waals surface area contributed by atoms with E-state index in [4.69, 9.17) is 4.52 Å². The third-order valence-corrected chi connectivity index (χ3v) is 4.65. The van der Waals surface area contributed by atoms with Gasteiger partial charge in [0.15, 0.2) is 5.82 Å². The van der Waals surface area contributed by atoms with Crippen molar-refractivity contribution >= 4 is 0 Å². The lowest BCUT2D eigenvalue weighted by Gasteiger charge is -2.10. The molecule has 0 amide bonds. The molecule has 0 spiro atoms. The van der Waals surface area contributed by atoms with Crippen molar-refractivity contribution in [2.24, 2.45) is 0 Å². The molecule has 0 atom stereocenters. The highest BCUT2D eigenvalue weighted by atomic mass is 16.5. The zero-order chi connectivity index (χ0) is 19.7. The number of hydrogen-bond acceptors (Lipinski definition) is 5. The Kier molecular flexibility index (Phi) is 4.38. The van der Waals surface area contributed by atoms with Crippen LogP contribution in [0.1, 0.15) is 22.5 Å². The molecule has 7 heteroatoms. The van der Waals surface area contributed by atoms with Gasteiger partial charge in [-0.25, -0.2) is 9.48 Å². The fourth-order valence-corrected chi connectivity index (χ4v) is 3.22. The monoisotopic (exact) mass is 371 g/mol. The van der Waals surface area contributed by atoms with Crippen LogP contribution in [0.5, 0.6) is 0 Å². The van der Waals surface area contributed by atoms with Gasteiger partial charge < -0.3 is 0 Å². The van der Waals surface area contributed by atoms with Gasteiger partial charge in [-0.2, -0.15) is 10.4 Å². The van der Waals surface area contributed by atoms with Crippen molar-refractivity contribution in [3.63, 3.8) is 0 Å². The highest BCUT2D eigenvalue weighted by molar-refractivity contribution is 5.59. The summed E-state index contributed by atoms with van der Waals surface area (Å²) in [6, 6.07) is 19.3. The Hall–Kier alpha value is -3.92. The summed E-state index contributed by atoms with van der Waals surface area (Å²) >= 11 is 0. The van der Waals surface area contributed by atoms with E-state index < -0.39 is 5.76 Å². The van der Waals surface area contributed by atoms with Crippen LogP contribution < -0.4 is 5.76 Å². The molecule has 0 unspecified atom stereocenters. The minimum absolute atomic E-state index is 0.116. The van der Waals surface area contributed by atoms with Gasteiger partial charge in [-0.3, -0.25) is 9.09 Å². The molecule has 28 heavy (non-hydrogen) atoms. The van der Waals surface area contributed by atoms with E-state index in [2.05, 4.69) is 16.3 Å². The summed E-state index contributed by atoms with van der Waals surface area (Å²) < 4.78 is 8.07. The van der Waals surface area contributed by atoms with Gasteiger partial charge in [0.2, 0.25) is 0 Å². The lowest BCUT2D eigenvalue weighted by Crippen LogP contribution is -2.19.